The van der Waals surface area contributed by atoms with E-state index in [0.29, 0.717) is 28.7 Å². The summed E-state index contributed by atoms with van der Waals surface area (Å²) < 4.78 is 10.7. The second-order valence-electron chi connectivity index (χ2n) is 3.68. The molecule has 3 N–H and O–H groups in total. The average molecular weight is 244 g/mol. The Morgan fingerprint density at radius 1 is 1.69 bits per heavy atom. The van der Waals surface area contributed by atoms with Crippen LogP contribution in [0, 0.1) is 0 Å². The van der Waals surface area contributed by atoms with Gasteiger partial charge in [-0.3, -0.25) is 0 Å². The molecule has 0 bridgehead atoms. The number of aliphatic hydroxyl groups excluding tert-OH is 1. The van der Waals surface area contributed by atoms with Crippen LogP contribution in [-0.2, 0) is 6.42 Å². The van der Waals surface area contributed by atoms with Crippen LogP contribution in [0.1, 0.15) is 17.2 Å². The van der Waals surface area contributed by atoms with Crippen LogP contribution in [0.5, 0.6) is 11.5 Å². The minimum absolute atomic E-state index is 0.150. The first-order valence-electron chi connectivity index (χ1n) is 5.07. The molecule has 0 aromatic heterocycles. The van der Waals surface area contributed by atoms with E-state index in [1.807, 2.05) is 0 Å². The van der Waals surface area contributed by atoms with Crippen molar-refractivity contribution in [2.75, 3.05) is 20.3 Å². The Morgan fingerprint density at radius 3 is 3.06 bits per heavy atom. The van der Waals surface area contributed by atoms with Crippen LogP contribution < -0.4 is 15.2 Å². The van der Waals surface area contributed by atoms with E-state index < -0.39 is 6.04 Å². The van der Waals surface area contributed by atoms with E-state index in [2.05, 4.69) is 0 Å². The first-order chi connectivity index (χ1) is 7.69. The second kappa shape index (κ2) is 4.49. The van der Waals surface area contributed by atoms with E-state index >= 15 is 0 Å². The van der Waals surface area contributed by atoms with Crippen LogP contribution in [0.2, 0.25) is 5.02 Å². The molecule has 16 heavy (non-hydrogen) atoms. The number of methoxy groups -OCH3 is 1. The lowest BCUT2D eigenvalue weighted by molar-refractivity contribution is 0.267. The molecule has 0 aliphatic carbocycles. The zero-order valence-corrected chi connectivity index (χ0v) is 9.75. The molecule has 5 heteroatoms. The van der Waals surface area contributed by atoms with E-state index in [1.165, 1.54) is 0 Å². The molecule has 1 aromatic carbocycles. The largest absolute Gasteiger partial charge is 0.493 e. The third-order valence-electron chi connectivity index (χ3n) is 2.72. The normalized spacial score (nSPS) is 15.5. The van der Waals surface area contributed by atoms with Gasteiger partial charge in [0, 0.05) is 12.0 Å². The average Bonchev–Trinajstić information content (AvgIpc) is 2.78. The topological polar surface area (TPSA) is 64.7 Å². The lowest BCUT2D eigenvalue weighted by atomic mass is 10.0. The zero-order valence-electron chi connectivity index (χ0n) is 9.00. The summed E-state index contributed by atoms with van der Waals surface area (Å²) in [6, 6.07) is 1.24. The predicted molar refractivity (Wildman–Crippen MR) is 61.2 cm³/mol. The van der Waals surface area contributed by atoms with Crippen molar-refractivity contribution in [3.63, 3.8) is 0 Å². The number of halogens is 1. The van der Waals surface area contributed by atoms with Gasteiger partial charge in [-0.2, -0.15) is 0 Å². The molecule has 0 saturated carbocycles. The van der Waals surface area contributed by atoms with Gasteiger partial charge in [-0.05, 0) is 11.6 Å². The van der Waals surface area contributed by atoms with Gasteiger partial charge in [0.15, 0.2) is 11.5 Å². The maximum atomic E-state index is 9.07. The van der Waals surface area contributed by atoms with Gasteiger partial charge in [0.1, 0.15) is 0 Å². The fourth-order valence-electron chi connectivity index (χ4n) is 1.85. The minimum atomic E-state index is -0.493. The SMILES string of the molecule is COc1cc(C(N)CO)c(Cl)c2c1OCC2. The molecule has 1 unspecified atom stereocenters. The van der Waals surface area contributed by atoms with Crippen LogP contribution in [0.4, 0.5) is 0 Å². The van der Waals surface area contributed by atoms with Crippen molar-refractivity contribution >= 4 is 11.6 Å². The fraction of sp³-hybridized carbons (Fsp3) is 0.455. The van der Waals surface area contributed by atoms with Crippen LogP contribution >= 0.6 is 11.6 Å². The van der Waals surface area contributed by atoms with Crippen molar-refractivity contribution in [1.29, 1.82) is 0 Å². The highest BCUT2D eigenvalue weighted by molar-refractivity contribution is 6.32. The molecule has 0 spiro atoms. The highest BCUT2D eigenvalue weighted by atomic mass is 35.5. The summed E-state index contributed by atoms with van der Waals surface area (Å²) in [6.45, 7) is 0.450. The number of hydrogen-bond acceptors (Lipinski definition) is 4. The molecule has 0 radical (unpaired) electrons. The molecule has 0 fully saturated rings. The number of benzene rings is 1. The lowest BCUT2D eigenvalue weighted by Gasteiger charge is -2.16. The molecule has 88 valence electrons. The minimum Gasteiger partial charge on any atom is -0.493 e. The Bertz CT molecular complexity index is 409. The van der Waals surface area contributed by atoms with Crippen molar-refractivity contribution in [3.8, 4) is 11.5 Å². The summed E-state index contributed by atoms with van der Waals surface area (Å²) in [4.78, 5) is 0. The van der Waals surface area contributed by atoms with E-state index in [1.54, 1.807) is 13.2 Å². The summed E-state index contributed by atoms with van der Waals surface area (Å²) in [5.41, 5.74) is 7.40. The lowest BCUT2D eigenvalue weighted by Crippen LogP contribution is -2.15. The summed E-state index contributed by atoms with van der Waals surface area (Å²) in [5.74, 6) is 1.32. The van der Waals surface area contributed by atoms with Gasteiger partial charge in [-0.25, -0.2) is 0 Å². The number of fused-ring (bicyclic) bond motifs is 1. The molecular weight excluding hydrogens is 230 g/mol. The molecule has 0 amide bonds. The van der Waals surface area contributed by atoms with Crippen molar-refractivity contribution in [2.24, 2.45) is 5.73 Å². The molecule has 1 aromatic rings. The summed E-state index contributed by atoms with van der Waals surface area (Å²) in [5, 5.41) is 9.65. The maximum Gasteiger partial charge on any atom is 0.165 e. The zero-order chi connectivity index (χ0) is 11.7. The van der Waals surface area contributed by atoms with Gasteiger partial charge in [0.25, 0.3) is 0 Å². The molecule has 0 saturated heterocycles. The van der Waals surface area contributed by atoms with E-state index in [-0.39, 0.29) is 6.61 Å². The third-order valence-corrected chi connectivity index (χ3v) is 3.16. The molecule has 4 nitrogen and oxygen atoms in total. The van der Waals surface area contributed by atoms with Gasteiger partial charge in [-0.15, -0.1) is 0 Å². The van der Waals surface area contributed by atoms with Gasteiger partial charge < -0.3 is 20.3 Å². The monoisotopic (exact) mass is 243 g/mol. The smallest absolute Gasteiger partial charge is 0.165 e. The molecule has 2 rings (SSSR count). The Kier molecular flexibility index (Phi) is 3.23. The molecule has 1 aliphatic heterocycles. The van der Waals surface area contributed by atoms with Gasteiger partial charge in [-0.1, -0.05) is 11.6 Å². The fourth-order valence-corrected chi connectivity index (χ4v) is 2.22. The van der Waals surface area contributed by atoms with Crippen LogP contribution in [0.25, 0.3) is 0 Å². The second-order valence-corrected chi connectivity index (χ2v) is 4.06. The van der Waals surface area contributed by atoms with Crippen LogP contribution in [-0.4, -0.2) is 25.4 Å². The van der Waals surface area contributed by atoms with Crippen LogP contribution in [0.3, 0.4) is 0 Å². The summed E-state index contributed by atoms with van der Waals surface area (Å²) in [7, 11) is 1.57. The Labute approximate surface area is 98.9 Å². The Morgan fingerprint density at radius 2 is 2.44 bits per heavy atom. The summed E-state index contributed by atoms with van der Waals surface area (Å²) in [6.07, 6.45) is 0.747. The first-order valence-corrected chi connectivity index (χ1v) is 5.45. The highest BCUT2D eigenvalue weighted by Crippen LogP contribution is 2.43. The van der Waals surface area contributed by atoms with E-state index in [0.717, 1.165) is 12.0 Å². The number of ether oxygens (including phenoxy) is 2. The number of hydrogen-bond donors (Lipinski definition) is 2. The third kappa shape index (κ3) is 1.73. The summed E-state index contributed by atoms with van der Waals surface area (Å²) >= 11 is 6.23. The quantitative estimate of drug-likeness (QED) is 0.839. The van der Waals surface area contributed by atoms with Gasteiger partial charge in [0.2, 0.25) is 0 Å². The maximum absolute atomic E-state index is 9.07. The number of nitrogens with two attached hydrogens (primary N) is 1. The Hall–Kier alpha value is -0.970. The number of rotatable bonds is 3. The molecule has 1 aliphatic rings. The van der Waals surface area contributed by atoms with E-state index in [9.17, 15) is 0 Å². The van der Waals surface area contributed by atoms with Gasteiger partial charge in [0.05, 0.1) is 31.4 Å². The number of aliphatic hydroxyl groups is 1. The van der Waals surface area contributed by atoms with Crippen molar-refractivity contribution in [3.05, 3.63) is 22.2 Å². The molecule has 1 atom stereocenters. The van der Waals surface area contributed by atoms with Crippen molar-refractivity contribution in [2.45, 2.75) is 12.5 Å². The first kappa shape index (κ1) is 11.5. The van der Waals surface area contributed by atoms with E-state index in [4.69, 9.17) is 31.9 Å². The molecular formula is C11H14ClNO3. The van der Waals surface area contributed by atoms with Crippen molar-refractivity contribution < 1.29 is 14.6 Å². The standard InChI is InChI=1S/C11H14ClNO3/c1-15-9-4-7(8(13)5-14)10(12)6-2-3-16-11(6)9/h4,8,14H,2-3,5,13H2,1H3. The molecule has 1 heterocycles. The predicted octanol–water partition coefficient (Wildman–Crippen LogP) is 1.28. The highest BCUT2D eigenvalue weighted by Gasteiger charge is 2.25. The Balaban J connectivity index is 2.55. The van der Waals surface area contributed by atoms with Crippen LogP contribution in [0.15, 0.2) is 6.07 Å². The van der Waals surface area contributed by atoms with Gasteiger partial charge >= 0.3 is 0 Å². The van der Waals surface area contributed by atoms with Crippen molar-refractivity contribution in [1.82, 2.24) is 0 Å².